The second-order valence-electron chi connectivity index (χ2n) is 5.17. The summed E-state index contributed by atoms with van der Waals surface area (Å²) in [6, 6.07) is 8.38. The van der Waals surface area contributed by atoms with Crippen LogP contribution < -0.4 is 5.73 Å². The van der Waals surface area contributed by atoms with Gasteiger partial charge in [0.15, 0.2) is 0 Å². The van der Waals surface area contributed by atoms with E-state index in [2.05, 4.69) is 35.0 Å². The second kappa shape index (κ2) is 4.51. The number of nitrogens with zero attached hydrogens (tertiary/aromatic N) is 1. The Hall–Kier alpha value is -1.32. The minimum absolute atomic E-state index is 0.562. The van der Waals surface area contributed by atoms with Crippen molar-refractivity contribution in [3.05, 3.63) is 36.0 Å². The SMILES string of the molecule is CC(C)(O)CCn1ccc2ccc(CN)cc21. The van der Waals surface area contributed by atoms with Crippen molar-refractivity contribution in [1.82, 2.24) is 4.57 Å². The van der Waals surface area contributed by atoms with Crippen LogP contribution in [0.4, 0.5) is 0 Å². The van der Waals surface area contributed by atoms with E-state index in [9.17, 15) is 5.11 Å². The quantitative estimate of drug-likeness (QED) is 0.849. The Labute approximate surface area is 102 Å². The fraction of sp³-hybridized carbons (Fsp3) is 0.429. The van der Waals surface area contributed by atoms with E-state index in [1.807, 2.05) is 13.8 Å². The number of hydrogen-bond donors (Lipinski definition) is 2. The first kappa shape index (κ1) is 12.1. The number of aryl methyl sites for hydroxylation is 1. The van der Waals surface area contributed by atoms with Gasteiger partial charge < -0.3 is 15.4 Å². The minimum Gasteiger partial charge on any atom is -0.390 e. The maximum atomic E-state index is 9.76. The number of rotatable bonds is 4. The van der Waals surface area contributed by atoms with E-state index in [4.69, 9.17) is 5.73 Å². The predicted octanol–water partition coefficient (Wildman–Crippen LogP) is 2.26. The normalized spacial score (nSPS) is 12.2. The molecule has 1 heterocycles. The molecule has 2 aromatic rings. The summed E-state index contributed by atoms with van der Waals surface area (Å²) in [5, 5.41) is 11.0. The molecule has 0 radical (unpaired) electrons. The smallest absolute Gasteiger partial charge is 0.0608 e. The summed E-state index contributed by atoms with van der Waals surface area (Å²) >= 11 is 0. The van der Waals surface area contributed by atoms with Crippen molar-refractivity contribution < 1.29 is 5.11 Å². The van der Waals surface area contributed by atoms with Crippen LogP contribution in [-0.2, 0) is 13.1 Å². The lowest BCUT2D eigenvalue weighted by Gasteiger charge is -2.17. The van der Waals surface area contributed by atoms with E-state index in [0.29, 0.717) is 6.54 Å². The Balaban J connectivity index is 2.28. The molecule has 0 saturated carbocycles. The van der Waals surface area contributed by atoms with E-state index in [0.717, 1.165) is 18.5 Å². The third-order valence-corrected chi connectivity index (χ3v) is 3.04. The molecule has 3 N–H and O–H groups in total. The molecule has 17 heavy (non-hydrogen) atoms. The van der Waals surface area contributed by atoms with Crippen molar-refractivity contribution in [1.29, 1.82) is 0 Å². The van der Waals surface area contributed by atoms with E-state index in [-0.39, 0.29) is 0 Å². The summed E-state index contributed by atoms with van der Waals surface area (Å²) in [6.07, 6.45) is 2.81. The van der Waals surface area contributed by atoms with Crippen LogP contribution in [0, 0.1) is 0 Å². The van der Waals surface area contributed by atoms with Gasteiger partial charge in [-0.1, -0.05) is 12.1 Å². The Morgan fingerprint density at radius 2 is 2.06 bits per heavy atom. The van der Waals surface area contributed by atoms with Crippen molar-refractivity contribution in [2.24, 2.45) is 5.73 Å². The van der Waals surface area contributed by atoms with E-state index < -0.39 is 5.60 Å². The van der Waals surface area contributed by atoms with Crippen LogP contribution in [0.1, 0.15) is 25.8 Å². The molecule has 0 aliphatic rings. The van der Waals surface area contributed by atoms with E-state index in [1.54, 1.807) is 0 Å². The molecule has 0 bridgehead atoms. The number of aromatic nitrogens is 1. The summed E-state index contributed by atoms with van der Waals surface area (Å²) in [4.78, 5) is 0. The molecule has 3 heteroatoms. The summed E-state index contributed by atoms with van der Waals surface area (Å²) in [6.45, 7) is 5.06. The zero-order chi connectivity index (χ0) is 12.5. The molecule has 1 aromatic heterocycles. The molecular weight excluding hydrogens is 212 g/mol. The van der Waals surface area contributed by atoms with Crippen LogP contribution in [-0.4, -0.2) is 15.3 Å². The number of aliphatic hydroxyl groups is 1. The highest BCUT2D eigenvalue weighted by Crippen LogP contribution is 2.19. The minimum atomic E-state index is -0.623. The van der Waals surface area contributed by atoms with Crippen LogP contribution in [0.15, 0.2) is 30.5 Å². The van der Waals surface area contributed by atoms with Gasteiger partial charge in [0.1, 0.15) is 0 Å². The molecule has 0 atom stereocenters. The number of fused-ring (bicyclic) bond motifs is 1. The third kappa shape index (κ3) is 2.87. The third-order valence-electron chi connectivity index (χ3n) is 3.04. The lowest BCUT2D eigenvalue weighted by Crippen LogP contribution is -2.20. The molecule has 0 aliphatic carbocycles. The highest BCUT2D eigenvalue weighted by molar-refractivity contribution is 5.80. The summed E-state index contributed by atoms with van der Waals surface area (Å²) in [7, 11) is 0. The molecule has 0 saturated heterocycles. The molecular formula is C14H20N2O. The fourth-order valence-corrected chi connectivity index (χ4v) is 1.95. The average molecular weight is 232 g/mol. The summed E-state index contributed by atoms with van der Waals surface area (Å²) < 4.78 is 2.17. The average Bonchev–Trinajstić information content (AvgIpc) is 2.67. The zero-order valence-corrected chi connectivity index (χ0v) is 10.5. The molecule has 3 nitrogen and oxygen atoms in total. The summed E-state index contributed by atoms with van der Waals surface area (Å²) in [5.41, 5.74) is 7.36. The molecule has 1 aromatic carbocycles. The van der Waals surface area contributed by atoms with Gasteiger partial charge in [-0.25, -0.2) is 0 Å². The second-order valence-corrected chi connectivity index (χ2v) is 5.17. The van der Waals surface area contributed by atoms with Gasteiger partial charge in [-0.3, -0.25) is 0 Å². The zero-order valence-electron chi connectivity index (χ0n) is 10.5. The van der Waals surface area contributed by atoms with Gasteiger partial charge in [0.25, 0.3) is 0 Å². The lowest BCUT2D eigenvalue weighted by atomic mass is 10.1. The van der Waals surface area contributed by atoms with Crippen LogP contribution in [0.25, 0.3) is 10.9 Å². The molecule has 0 unspecified atom stereocenters. The molecule has 92 valence electrons. The van der Waals surface area contributed by atoms with E-state index in [1.165, 1.54) is 10.9 Å². The maximum Gasteiger partial charge on any atom is 0.0608 e. The first-order valence-corrected chi connectivity index (χ1v) is 6.00. The largest absolute Gasteiger partial charge is 0.390 e. The maximum absolute atomic E-state index is 9.76. The molecule has 0 amide bonds. The van der Waals surface area contributed by atoms with Gasteiger partial charge in [0.2, 0.25) is 0 Å². The number of nitrogens with two attached hydrogens (primary N) is 1. The molecule has 0 spiro atoms. The monoisotopic (exact) mass is 232 g/mol. The first-order chi connectivity index (χ1) is 7.99. The van der Waals surface area contributed by atoms with Gasteiger partial charge in [0, 0.05) is 24.8 Å². The van der Waals surface area contributed by atoms with E-state index >= 15 is 0 Å². The Morgan fingerprint density at radius 1 is 1.29 bits per heavy atom. The molecule has 0 fully saturated rings. The van der Waals surface area contributed by atoms with Gasteiger partial charge in [-0.2, -0.15) is 0 Å². The standard InChI is InChI=1S/C14H20N2O/c1-14(2,17)6-8-16-7-5-12-4-3-11(10-15)9-13(12)16/h3-5,7,9,17H,6,8,10,15H2,1-2H3. The fourth-order valence-electron chi connectivity index (χ4n) is 1.95. The van der Waals surface area contributed by atoms with Crippen molar-refractivity contribution in [2.75, 3.05) is 0 Å². The highest BCUT2D eigenvalue weighted by Gasteiger charge is 2.12. The number of benzene rings is 1. The van der Waals surface area contributed by atoms with Gasteiger partial charge in [-0.05, 0) is 43.4 Å². The molecule has 0 aliphatic heterocycles. The topological polar surface area (TPSA) is 51.2 Å². The van der Waals surface area contributed by atoms with Crippen LogP contribution >= 0.6 is 0 Å². The van der Waals surface area contributed by atoms with Crippen LogP contribution in [0.3, 0.4) is 0 Å². The lowest BCUT2D eigenvalue weighted by molar-refractivity contribution is 0.0666. The Bertz CT molecular complexity index is 508. The van der Waals surface area contributed by atoms with Crippen LogP contribution in [0.5, 0.6) is 0 Å². The van der Waals surface area contributed by atoms with Crippen molar-refractivity contribution in [2.45, 2.75) is 39.0 Å². The Kier molecular flexibility index (Phi) is 3.22. The summed E-state index contributed by atoms with van der Waals surface area (Å²) in [5.74, 6) is 0. The van der Waals surface area contributed by atoms with Crippen molar-refractivity contribution >= 4 is 10.9 Å². The number of hydrogen-bond acceptors (Lipinski definition) is 2. The first-order valence-electron chi connectivity index (χ1n) is 6.00. The van der Waals surface area contributed by atoms with Crippen molar-refractivity contribution in [3.8, 4) is 0 Å². The Morgan fingerprint density at radius 3 is 2.71 bits per heavy atom. The molecule has 2 rings (SSSR count). The highest BCUT2D eigenvalue weighted by atomic mass is 16.3. The van der Waals surface area contributed by atoms with Gasteiger partial charge >= 0.3 is 0 Å². The van der Waals surface area contributed by atoms with Crippen molar-refractivity contribution in [3.63, 3.8) is 0 Å². The van der Waals surface area contributed by atoms with Gasteiger partial charge in [0.05, 0.1) is 5.60 Å². The van der Waals surface area contributed by atoms with Crippen LogP contribution in [0.2, 0.25) is 0 Å². The predicted molar refractivity (Wildman–Crippen MR) is 70.7 cm³/mol. The van der Waals surface area contributed by atoms with Gasteiger partial charge in [-0.15, -0.1) is 0 Å².